The molecule has 57 heavy (non-hydrogen) atoms. The van der Waals surface area contributed by atoms with Gasteiger partial charge in [-0.05, 0) is 41.2 Å². The first-order valence-electron chi connectivity index (χ1n) is 22.1. The minimum Gasteiger partial charge on any atom is 0 e. The zero-order valence-electron chi connectivity index (χ0n) is 39.6. The number of furan rings is 1. The fourth-order valence-corrected chi connectivity index (χ4v) is 10.3. The number of nitrogens with zero attached hydrogens (tertiary/aromatic N) is 3. The fraction of sp³-hybridized carbons (Fsp3) is 0.294. The van der Waals surface area contributed by atoms with Gasteiger partial charge < -0.3 is 8.98 Å². The average Bonchev–Trinajstić information content (AvgIpc) is 3.78. The van der Waals surface area contributed by atoms with E-state index >= 15 is 0 Å². The van der Waals surface area contributed by atoms with Gasteiger partial charge in [-0.1, -0.05) is 87.2 Å². The van der Waals surface area contributed by atoms with E-state index in [1.54, 1.807) is 12.1 Å². The number of rotatable bonds is 7. The van der Waals surface area contributed by atoms with Crippen LogP contribution in [-0.4, -0.2) is 27.8 Å². The van der Waals surface area contributed by atoms with Crippen LogP contribution in [0.15, 0.2) is 114 Å². The first-order valence-corrected chi connectivity index (χ1v) is 26.9. The van der Waals surface area contributed by atoms with Crippen molar-refractivity contribution in [1.29, 1.82) is 0 Å². The van der Waals surface area contributed by atoms with Gasteiger partial charge in [-0.25, -0.2) is 0 Å². The van der Waals surface area contributed by atoms with Crippen molar-refractivity contribution >= 4 is 50.6 Å². The summed E-state index contributed by atoms with van der Waals surface area (Å²) in [5.74, 6) is 8.30. The summed E-state index contributed by atoms with van der Waals surface area (Å²) in [5, 5.41) is 2.20. The van der Waals surface area contributed by atoms with E-state index in [2.05, 4.69) is 121 Å². The topological polar surface area (TPSA) is 43.9 Å². The van der Waals surface area contributed by atoms with E-state index in [0.717, 1.165) is 48.8 Å². The maximum Gasteiger partial charge on any atom is 0 e. The Morgan fingerprint density at radius 3 is 2.19 bits per heavy atom. The second-order valence-electron chi connectivity index (χ2n) is 17.3. The quantitative estimate of drug-likeness (QED) is 0.118. The number of aryl methyl sites for hydroxylation is 1. The molecule has 0 bridgehead atoms. The zero-order chi connectivity index (χ0) is 44.2. The Balaban J connectivity index is 0.000000210. The molecule has 295 valence electrons. The van der Waals surface area contributed by atoms with Crippen LogP contribution in [0.2, 0.25) is 17.3 Å². The van der Waals surface area contributed by atoms with E-state index in [0.29, 0.717) is 28.7 Å². The molecule has 0 fully saturated rings. The molecule has 0 N–H and O–H groups in total. The molecule has 4 nitrogen and oxygen atoms in total. The van der Waals surface area contributed by atoms with E-state index in [1.807, 2.05) is 57.3 Å². The number of para-hydroxylation sites is 4. The van der Waals surface area contributed by atoms with Crippen molar-refractivity contribution in [2.75, 3.05) is 0 Å². The van der Waals surface area contributed by atoms with Gasteiger partial charge in [0, 0.05) is 31.2 Å². The van der Waals surface area contributed by atoms with Crippen LogP contribution in [0.25, 0.3) is 61.3 Å². The number of imidazole rings is 1. The van der Waals surface area contributed by atoms with Gasteiger partial charge in [0.2, 0.25) is 0 Å². The van der Waals surface area contributed by atoms with Crippen molar-refractivity contribution in [3.8, 4) is 28.3 Å². The summed E-state index contributed by atoms with van der Waals surface area (Å²) >= 11 is -2.36. The molecule has 0 atom stereocenters. The monoisotopic (exact) mass is 997 g/mol. The number of pyridine rings is 1. The summed E-state index contributed by atoms with van der Waals surface area (Å²) in [4.78, 5) is 9.72. The van der Waals surface area contributed by atoms with Crippen LogP contribution in [0.3, 0.4) is 0 Å². The Bertz CT molecular complexity index is 2840. The first-order chi connectivity index (χ1) is 28.6. The predicted molar refractivity (Wildman–Crippen MR) is 240 cm³/mol. The van der Waals surface area contributed by atoms with Gasteiger partial charge in [-0.2, -0.15) is 0 Å². The van der Waals surface area contributed by atoms with Crippen LogP contribution in [0, 0.1) is 24.4 Å². The maximum atomic E-state index is 8.80. The van der Waals surface area contributed by atoms with E-state index in [9.17, 15) is 0 Å². The van der Waals surface area contributed by atoms with Gasteiger partial charge in [0.15, 0.2) is 0 Å². The molecule has 0 aliphatic carbocycles. The number of benzene rings is 5. The van der Waals surface area contributed by atoms with Crippen LogP contribution in [-0.2, 0) is 26.5 Å². The summed E-state index contributed by atoms with van der Waals surface area (Å²) in [6, 6.07) is 40.4. The molecule has 0 saturated heterocycles. The van der Waals surface area contributed by atoms with E-state index in [1.165, 1.54) is 22.9 Å². The van der Waals surface area contributed by atoms with E-state index < -0.39 is 31.9 Å². The molecule has 1 radical (unpaired) electrons. The summed E-state index contributed by atoms with van der Waals surface area (Å²) in [6.45, 7) is 12.6. The van der Waals surface area contributed by atoms with Crippen molar-refractivity contribution < 1.29 is 31.4 Å². The molecule has 0 unspecified atom stereocenters. The molecule has 0 aliphatic rings. The van der Waals surface area contributed by atoms with Crippen LogP contribution < -0.4 is 4.40 Å². The molecular formula is C51H55GeIrN3O-2. The Morgan fingerprint density at radius 1 is 0.842 bits per heavy atom. The largest absolute Gasteiger partial charge is 0 e. The second kappa shape index (κ2) is 16.9. The van der Waals surface area contributed by atoms with Gasteiger partial charge in [-0.15, -0.1) is 18.2 Å². The summed E-state index contributed by atoms with van der Waals surface area (Å²) in [7, 11) is 0. The third-order valence-electron chi connectivity index (χ3n) is 10.00. The van der Waals surface area contributed by atoms with E-state index in [4.69, 9.17) is 16.3 Å². The SMILES string of the molecule is CC(C)c1cccc(C(C)C)c1-n1c(-c2[c-]ccc3c2oc2ccccc23)nc2ccccc21.[2H]C([2H])([2H])c1c[c-]c(-c2cc(C([2H])([2H])C(C)(C)C)[c]([Ge]([CH3])([CH3])[CH3])cn2)cc1.[Ir]. The van der Waals surface area contributed by atoms with Gasteiger partial charge in [0.05, 0.1) is 22.4 Å². The van der Waals surface area contributed by atoms with E-state index in [-0.39, 0.29) is 25.7 Å². The number of hydrogen-bond donors (Lipinski definition) is 0. The zero-order valence-corrected chi connectivity index (χ0v) is 39.1. The molecule has 8 aromatic rings. The minimum atomic E-state index is -2.36. The van der Waals surface area contributed by atoms with Gasteiger partial charge in [0.1, 0.15) is 5.58 Å². The standard InChI is InChI=1S/C31H27N2O.C20H28GeN.Ir/c1-19(2)21-12-9-13-22(20(3)4)29(21)33-27-17-7-6-16-26(27)32-31(33)25-15-10-14-24-23-11-5-8-18-28(23)34-30(24)25;1-15-8-10-16(11-9-15)19-12-17(13-20(2,3)4)18(14-22-19)21(5,6)7;/h5-14,16-20H,1-4H3;8-10,12,14H,13H2,1-7H3;/q2*-1;/i;1D3,13D2;. The molecule has 3 aromatic heterocycles. The molecule has 3 heterocycles. The second-order valence-corrected chi connectivity index (χ2v) is 27.9. The van der Waals surface area contributed by atoms with Crippen molar-refractivity contribution in [2.45, 2.75) is 90.8 Å². The number of fused-ring (bicyclic) bond motifs is 4. The molecule has 0 saturated carbocycles. The predicted octanol–water partition coefficient (Wildman–Crippen LogP) is 13.6. The van der Waals surface area contributed by atoms with Crippen molar-refractivity contribution in [3.63, 3.8) is 0 Å². The smallest absolute Gasteiger partial charge is 0 e. The summed E-state index contributed by atoms with van der Waals surface area (Å²) in [5.41, 5.74) is 10.1. The third-order valence-corrected chi connectivity index (χ3v) is 14.2. The summed E-state index contributed by atoms with van der Waals surface area (Å²) in [6.07, 6.45) is 0.303. The number of hydrogen-bond acceptors (Lipinski definition) is 3. The van der Waals surface area contributed by atoms with Crippen LogP contribution >= 0.6 is 0 Å². The third kappa shape index (κ3) is 8.92. The van der Waals surface area contributed by atoms with Crippen molar-refractivity contribution in [1.82, 2.24) is 14.5 Å². The molecule has 0 amide bonds. The Labute approximate surface area is 362 Å². The molecule has 0 spiro atoms. The Hall–Kier alpha value is -4.29. The van der Waals surface area contributed by atoms with Gasteiger partial charge in [0.25, 0.3) is 0 Å². The Kier molecular flexibility index (Phi) is 10.6. The average molecular weight is 996 g/mol. The number of aromatic nitrogens is 3. The molecule has 8 rings (SSSR count). The van der Waals surface area contributed by atoms with Crippen molar-refractivity contribution in [2.24, 2.45) is 5.41 Å². The molecular weight excluding hydrogens is 935 g/mol. The molecule has 5 aromatic carbocycles. The van der Waals surface area contributed by atoms with Crippen LogP contribution in [0.4, 0.5) is 0 Å². The van der Waals surface area contributed by atoms with Crippen molar-refractivity contribution in [3.05, 3.63) is 144 Å². The van der Waals surface area contributed by atoms with Gasteiger partial charge in [-0.3, -0.25) is 4.98 Å². The normalized spacial score (nSPS) is 13.8. The van der Waals surface area contributed by atoms with Crippen LogP contribution in [0.1, 0.15) is 89.4 Å². The molecule has 0 aliphatic heterocycles. The summed E-state index contributed by atoms with van der Waals surface area (Å²) < 4.78 is 49.8. The maximum absolute atomic E-state index is 8.80. The van der Waals surface area contributed by atoms with Crippen LogP contribution in [0.5, 0.6) is 0 Å². The van der Waals surface area contributed by atoms with Gasteiger partial charge >= 0.3 is 145 Å². The first kappa shape index (κ1) is 35.8. The fourth-order valence-electron chi connectivity index (χ4n) is 7.34. The molecule has 6 heteroatoms. The Morgan fingerprint density at radius 2 is 1.54 bits per heavy atom. The minimum absolute atomic E-state index is 0.